The lowest BCUT2D eigenvalue weighted by Gasteiger charge is -2.25. The Kier molecular flexibility index (Phi) is 16.0. The van der Waals surface area contributed by atoms with Crippen molar-refractivity contribution >= 4 is 7.82 Å². The van der Waals surface area contributed by atoms with E-state index in [0.717, 1.165) is 12.8 Å². The third-order valence-corrected chi connectivity index (χ3v) is 5.26. The summed E-state index contributed by atoms with van der Waals surface area (Å²) in [7, 11) is -4.62. The summed E-state index contributed by atoms with van der Waals surface area (Å²) >= 11 is 0. The second-order valence-electron chi connectivity index (χ2n) is 7.49. The zero-order valence-corrected chi connectivity index (χ0v) is 17.5. The van der Waals surface area contributed by atoms with Crippen LogP contribution in [0.3, 0.4) is 0 Å². The number of phosphoric ester groups is 1. The highest BCUT2D eigenvalue weighted by Gasteiger charge is 2.29. The molecule has 158 valence electrons. The first-order valence-electron chi connectivity index (χ1n) is 10.4. The van der Waals surface area contributed by atoms with Gasteiger partial charge in [-0.2, -0.15) is 0 Å². The zero-order valence-electron chi connectivity index (χ0n) is 16.6. The van der Waals surface area contributed by atoms with Gasteiger partial charge in [-0.1, -0.05) is 96.8 Å². The number of hydrogen-bond donors (Lipinski definition) is 4. The van der Waals surface area contributed by atoms with Crippen molar-refractivity contribution in [2.24, 2.45) is 0 Å². The molecular weight excluding hydrogens is 355 g/mol. The van der Waals surface area contributed by atoms with Crippen LogP contribution in [-0.2, 0) is 9.09 Å². The Bertz CT molecular complexity index is 360. The number of aliphatic hydroxyl groups excluding tert-OH is 1. The van der Waals surface area contributed by atoms with Gasteiger partial charge < -0.3 is 20.0 Å². The van der Waals surface area contributed by atoms with Crippen molar-refractivity contribution in [2.75, 3.05) is 13.2 Å². The van der Waals surface area contributed by atoms with Crippen LogP contribution in [0.15, 0.2) is 0 Å². The molecule has 0 saturated carbocycles. The van der Waals surface area contributed by atoms with Gasteiger partial charge in [-0.25, -0.2) is 4.57 Å². The molecule has 0 rings (SSSR count). The lowest BCUT2D eigenvalue weighted by Crippen LogP contribution is -2.38. The highest BCUT2D eigenvalue weighted by atomic mass is 31.2. The monoisotopic (exact) mass is 396 g/mol. The van der Waals surface area contributed by atoms with Gasteiger partial charge in [-0.3, -0.25) is 4.52 Å². The van der Waals surface area contributed by atoms with E-state index in [2.05, 4.69) is 11.4 Å². The van der Waals surface area contributed by atoms with Gasteiger partial charge in [0.25, 0.3) is 0 Å². The maximum absolute atomic E-state index is 10.7. The molecule has 0 spiro atoms. The number of aliphatic hydroxyl groups is 2. The van der Waals surface area contributed by atoms with Crippen molar-refractivity contribution in [2.45, 2.75) is 109 Å². The fraction of sp³-hybridized carbons (Fsp3) is 1.00. The summed E-state index contributed by atoms with van der Waals surface area (Å²) in [4.78, 5) is 17.3. The SMILES string of the molecule is CCCCCCCCCCCCCCCC[C@@](O)(CO)COP(=O)(O)O. The van der Waals surface area contributed by atoms with Gasteiger partial charge in [-0.05, 0) is 6.42 Å². The molecule has 0 aliphatic heterocycles. The van der Waals surface area contributed by atoms with E-state index in [1.807, 2.05) is 0 Å². The maximum atomic E-state index is 10.7. The standard InChI is InChI=1S/C19H41O6P/c1-2-3-4-5-6-7-8-9-10-11-12-13-14-15-16-19(21,17-20)18-25-26(22,23)24/h20-21H,2-18H2,1H3,(H2,22,23,24)/t19-/m1/s1. The van der Waals surface area contributed by atoms with Crippen molar-refractivity contribution < 1.29 is 29.1 Å². The van der Waals surface area contributed by atoms with Crippen molar-refractivity contribution in [1.82, 2.24) is 0 Å². The maximum Gasteiger partial charge on any atom is 0.469 e. The molecule has 0 aromatic carbocycles. The lowest BCUT2D eigenvalue weighted by molar-refractivity contribution is -0.0600. The first-order valence-corrected chi connectivity index (χ1v) is 11.9. The molecule has 26 heavy (non-hydrogen) atoms. The molecule has 0 aliphatic carbocycles. The summed E-state index contributed by atoms with van der Waals surface area (Å²) in [6.45, 7) is 1.13. The third kappa shape index (κ3) is 17.4. The number of rotatable bonds is 19. The van der Waals surface area contributed by atoms with Gasteiger partial charge in [0.1, 0.15) is 5.60 Å². The number of phosphoric acid groups is 1. The molecule has 0 bridgehead atoms. The Balaban J connectivity index is 3.45. The summed E-state index contributed by atoms with van der Waals surface area (Å²) in [5, 5.41) is 19.3. The van der Waals surface area contributed by atoms with E-state index in [4.69, 9.17) is 9.79 Å². The summed E-state index contributed by atoms with van der Waals surface area (Å²) in [6, 6.07) is 0. The third-order valence-electron chi connectivity index (χ3n) is 4.79. The van der Waals surface area contributed by atoms with Crippen LogP contribution >= 0.6 is 7.82 Å². The Morgan fingerprint density at radius 1 is 0.769 bits per heavy atom. The second kappa shape index (κ2) is 16.0. The van der Waals surface area contributed by atoms with Gasteiger partial charge in [-0.15, -0.1) is 0 Å². The molecule has 0 amide bonds. The topological polar surface area (TPSA) is 107 Å². The number of hydrogen-bond acceptors (Lipinski definition) is 4. The Hall–Kier alpha value is 0.0300. The largest absolute Gasteiger partial charge is 0.469 e. The summed E-state index contributed by atoms with van der Waals surface area (Å²) < 4.78 is 15.0. The molecule has 7 heteroatoms. The minimum Gasteiger partial charge on any atom is -0.393 e. The van der Waals surface area contributed by atoms with Gasteiger partial charge >= 0.3 is 7.82 Å². The molecule has 0 unspecified atom stereocenters. The van der Waals surface area contributed by atoms with Gasteiger partial charge in [0.2, 0.25) is 0 Å². The second-order valence-corrected chi connectivity index (χ2v) is 8.73. The van der Waals surface area contributed by atoms with Crippen LogP contribution in [0, 0.1) is 0 Å². The van der Waals surface area contributed by atoms with Crippen LogP contribution in [0.5, 0.6) is 0 Å². The van der Waals surface area contributed by atoms with Crippen LogP contribution in [0.1, 0.15) is 103 Å². The van der Waals surface area contributed by atoms with Crippen molar-refractivity contribution in [3.8, 4) is 0 Å². The van der Waals surface area contributed by atoms with E-state index in [1.54, 1.807) is 0 Å². The summed E-state index contributed by atoms with van der Waals surface area (Å²) in [5.74, 6) is 0. The highest BCUT2D eigenvalue weighted by Crippen LogP contribution is 2.37. The fourth-order valence-corrected chi connectivity index (χ4v) is 3.46. The molecule has 0 aliphatic rings. The molecule has 0 aromatic rings. The molecule has 0 aromatic heterocycles. The first kappa shape index (κ1) is 26.0. The molecular formula is C19H41O6P. The van der Waals surface area contributed by atoms with Crippen LogP contribution in [0.2, 0.25) is 0 Å². The predicted octanol–water partition coefficient (Wildman–Crippen LogP) is 4.69. The predicted molar refractivity (Wildman–Crippen MR) is 105 cm³/mol. The van der Waals surface area contributed by atoms with Crippen LogP contribution in [0.25, 0.3) is 0 Å². The highest BCUT2D eigenvalue weighted by molar-refractivity contribution is 7.46. The molecule has 0 fully saturated rings. The average molecular weight is 397 g/mol. The van der Waals surface area contributed by atoms with E-state index in [1.165, 1.54) is 70.6 Å². The van der Waals surface area contributed by atoms with E-state index in [-0.39, 0.29) is 6.42 Å². The molecule has 1 atom stereocenters. The normalized spacial score (nSPS) is 14.5. The average Bonchev–Trinajstić information content (AvgIpc) is 2.60. The fourth-order valence-electron chi connectivity index (χ4n) is 3.05. The van der Waals surface area contributed by atoms with Crippen molar-refractivity contribution in [3.63, 3.8) is 0 Å². The quantitative estimate of drug-likeness (QED) is 0.186. The van der Waals surface area contributed by atoms with E-state index in [0.29, 0.717) is 6.42 Å². The van der Waals surface area contributed by atoms with Gasteiger partial charge in [0, 0.05) is 0 Å². The van der Waals surface area contributed by atoms with Crippen LogP contribution in [0.4, 0.5) is 0 Å². The molecule has 4 N–H and O–H groups in total. The van der Waals surface area contributed by atoms with Gasteiger partial charge in [0.15, 0.2) is 0 Å². The molecule has 0 saturated heterocycles. The Morgan fingerprint density at radius 3 is 1.50 bits per heavy atom. The van der Waals surface area contributed by atoms with E-state index in [9.17, 15) is 14.8 Å². The summed E-state index contributed by atoms with van der Waals surface area (Å²) in [6.07, 6.45) is 17.5. The summed E-state index contributed by atoms with van der Waals surface area (Å²) in [5.41, 5.74) is -1.57. The smallest absolute Gasteiger partial charge is 0.393 e. The van der Waals surface area contributed by atoms with Crippen molar-refractivity contribution in [3.05, 3.63) is 0 Å². The molecule has 6 nitrogen and oxygen atoms in total. The number of unbranched alkanes of at least 4 members (excludes halogenated alkanes) is 13. The van der Waals surface area contributed by atoms with Gasteiger partial charge in [0.05, 0.1) is 13.2 Å². The zero-order chi connectivity index (χ0) is 19.7. The molecule has 0 heterocycles. The van der Waals surface area contributed by atoms with E-state index < -0.39 is 26.6 Å². The lowest BCUT2D eigenvalue weighted by atomic mass is 9.97. The van der Waals surface area contributed by atoms with E-state index >= 15 is 0 Å². The minimum atomic E-state index is -4.62. The van der Waals surface area contributed by atoms with Crippen molar-refractivity contribution in [1.29, 1.82) is 0 Å². The van der Waals surface area contributed by atoms with Crippen LogP contribution in [-0.4, -0.2) is 38.8 Å². The Labute approximate surface area is 159 Å². The first-order chi connectivity index (χ1) is 12.3. The van der Waals surface area contributed by atoms with Crippen LogP contribution < -0.4 is 0 Å². The Morgan fingerprint density at radius 2 is 1.15 bits per heavy atom. The minimum absolute atomic E-state index is 0.279. The molecule has 0 radical (unpaired) electrons.